The molecule has 0 unspecified atom stereocenters. The number of aromatic nitrogens is 3. The summed E-state index contributed by atoms with van der Waals surface area (Å²) in [6.07, 6.45) is 4.57. The molecule has 0 aliphatic rings. The van der Waals surface area contributed by atoms with Gasteiger partial charge in [0.05, 0.1) is 0 Å². The first kappa shape index (κ1) is 13.7. The molecule has 100 valence electrons. The molecule has 0 fully saturated rings. The normalized spacial score (nSPS) is 10.5. The molecule has 0 aliphatic carbocycles. The zero-order valence-electron chi connectivity index (χ0n) is 11.4. The summed E-state index contributed by atoms with van der Waals surface area (Å²) in [5, 5.41) is 0.526. The van der Waals surface area contributed by atoms with Gasteiger partial charge in [-0.2, -0.15) is 0 Å². The van der Waals surface area contributed by atoms with Crippen LogP contribution in [-0.2, 0) is 6.42 Å². The lowest BCUT2D eigenvalue weighted by atomic mass is 10.2. The van der Waals surface area contributed by atoms with Crippen LogP contribution in [0.4, 0.5) is 5.82 Å². The highest BCUT2D eigenvalue weighted by Gasteiger charge is 2.11. The highest BCUT2D eigenvalue weighted by molar-refractivity contribution is 6.30. The van der Waals surface area contributed by atoms with Crippen molar-refractivity contribution in [2.75, 3.05) is 18.5 Å². The molecule has 0 atom stereocenters. The average Bonchev–Trinajstić information content (AvgIpc) is 2.41. The highest BCUT2D eigenvalue weighted by atomic mass is 35.5. The summed E-state index contributed by atoms with van der Waals surface area (Å²) in [5.74, 6) is 1.59. The third-order valence-electron chi connectivity index (χ3n) is 3.02. The van der Waals surface area contributed by atoms with E-state index in [1.54, 1.807) is 0 Å². The van der Waals surface area contributed by atoms with Crippen LogP contribution < -0.4 is 4.90 Å². The Kier molecular flexibility index (Phi) is 4.32. The summed E-state index contributed by atoms with van der Waals surface area (Å²) in [4.78, 5) is 14.7. The predicted molar refractivity (Wildman–Crippen MR) is 77.7 cm³/mol. The molecule has 0 radical (unpaired) electrons. The molecule has 0 spiro atoms. The standard InChI is InChI=1S/C14H17ClN4/c1-10-13(15)17-11(2)18-14(10)19(3)9-6-12-4-7-16-8-5-12/h4-5,7-8H,6,9H2,1-3H3. The van der Waals surface area contributed by atoms with Gasteiger partial charge in [0.25, 0.3) is 0 Å². The monoisotopic (exact) mass is 276 g/mol. The number of anilines is 1. The van der Waals surface area contributed by atoms with Crippen LogP contribution in [0.5, 0.6) is 0 Å². The van der Waals surface area contributed by atoms with E-state index in [4.69, 9.17) is 11.6 Å². The minimum Gasteiger partial charge on any atom is -0.359 e. The van der Waals surface area contributed by atoms with Gasteiger partial charge in [0.1, 0.15) is 16.8 Å². The van der Waals surface area contributed by atoms with Crippen molar-refractivity contribution >= 4 is 17.4 Å². The van der Waals surface area contributed by atoms with Crippen LogP contribution in [0, 0.1) is 13.8 Å². The van der Waals surface area contributed by atoms with E-state index in [1.807, 2.05) is 45.4 Å². The SMILES string of the molecule is Cc1nc(Cl)c(C)c(N(C)CCc2ccncc2)n1. The number of rotatable bonds is 4. The Balaban J connectivity index is 2.10. The molecule has 2 aromatic heterocycles. The third kappa shape index (κ3) is 3.41. The highest BCUT2D eigenvalue weighted by Crippen LogP contribution is 2.22. The fourth-order valence-corrected chi connectivity index (χ4v) is 2.11. The number of aryl methyl sites for hydroxylation is 1. The van der Waals surface area contributed by atoms with Crippen LogP contribution in [-0.4, -0.2) is 28.5 Å². The average molecular weight is 277 g/mol. The fourth-order valence-electron chi connectivity index (χ4n) is 1.90. The summed E-state index contributed by atoms with van der Waals surface area (Å²) in [6.45, 7) is 4.67. The Labute approximate surface area is 118 Å². The molecule has 0 N–H and O–H groups in total. The van der Waals surface area contributed by atoms with E-state index >= 15 is 0 Å². The molecule has 0 saturated heterocycles. The first-order chi connectivity index (χ1) is 9.08. The quantitative estimate of drug-likeness (QED) is 0.806. The van der Waals surface area contributed by atoms with Crippen LogP contribution in [0.15, 0.2) is 24.5 Å². The minimum atomic E-state index is 0.526. The van der Waals surface area contributed by atoms with Gasteiger partial charge in [-0.3, -0.25) is 4.98 Å². The molecule has 4 nitrogen and oxygen atoms in total. The minimum absolute atomic E-state index is 0.526. The maximum absolute atomic E-state index is 6.09. The number of nitrogens with zero attached hydrogens (tertiary/aromatic N) is 4. The second-order valence-electron chi connectivity index (χ2n) is 4.54. The topological polar surface area (TPSA) is 41.9 Å². The second kappa shape index (κ2) is 5.97. The van der Waals surface area contributed by atoms with E-state index in [0.717, 1.165) is 24.3 Å². The number of halogens is 1. The Morgan fingerprint density at radius 2 is 1.84 bits per heavy atom. The van der Waals surface area contributed by atoms with Crippen molar-refractivity contribution in [3.63, 3.8) is 0 Å². The zero-order valence-corrected chi connectivity index (χ0v) is 12.1. The number of pyridine rings is 1. The smallest absolute Gasteiger partial charge is 0.137 e. The lowest BCUT2D eigenvalue weighted by Crippen LogP contribution is -2.23. The molecule has 0 saturated carbocycles. The van der Waals surface area contributed by atoms with Crippen molar-refractivity contribution in [3.05, 3.63) is 46.6 Å². The van der Waals surface area contributed by atoms with E-state index in [1.165, 1.54) is 5.56 Å². The first-order valence-electron chi connectivity index (χ1n) is 6.18. The summed E-state index contributed by atoms with van der Waals surface area (Å²) >= 11 is 6.09. The van der Waals surface area contributed by atoms with Crippen LogP contribution in [0.25, 0.3) is 0 Å². The molecular formula is C14H17ClN4. The molecule has 2 rings (SSSR count). The van der Waals surface area contributed by atoms with Gasteiger partial charge in [-0.1, -0.05) is 11.6 Å². The molecule has 19 heavy (non-hydrogen) atoms. The largest absolute Gasteiger partial charge is 0.359 e. The number of hydrogen-bond donors (Lipinski definition) is 0. The van der Waals surface area contributed by atoms with Crippen LogP contribution in [0.1, 0.15) is 17.0 Å². The van der Waals surface area contributed by atoms with Crippen LogP contribution >= 0.6 is 11.6 Å². The number of hydrogen-bond acceptors (Lipinski definition) is 4. The lowest BCUT2D eigenvalue weighted by Gasteiger charge is -2.20. The summed E-state index contributed by atoms with van der Waals surface area (Å²) < 4.78 is 0. The van der Waals surface area contributed by atoms with Crippen molar-refractivity contribution in [1.82, 2.24) is 15.0 Å². The first-order valence-corrected chi connectivity index (χ1v) is 6.56. The van der Waals surface area contributed by atoms with Crippen LogP contribution in [0.2, 0.25) is 5.15 Å². The maximum atomic E-state index is 6.09. The maximum Gasteiger partial charge on any atom is 0.137 e. The molecule has 2 heterocycles. The van der Waals surface area contributed by atoms with Crippen molar-refractivity contribution in [2.24, 2.45) is 0 Å². The Bertz CT molecular complexity index is 557. The lowest BCUT2D eigenvalue weighted by molar-refractivity contribution is 0.841. The number of likely N-dealkylation sites (N-methyl/N-ethyl adjacent to an activating group) is 1. The van der Waals surface area contributed by atoms with E-state index in [0.29, 0.717) is 11.0 Å². The summed E-state index contributed by atoms with van der Waals surface area (Å²) in [5.41, 5.74) is 2.18. The van der Waals surface area contributed by atoms with Gasteiger partial charge in [0.15, 0.2) is 0 Å². The Morgan fingerprint density at radius 3 is 2.53 bits per heavy atom. The van der Waals surface area contributed by atoms with E-state index in [2.05, 4.69) is 19.9 Å². The molecular weight excluding hydrogens is 260 g/mol. The van der Waals surface area contributed by atoms with E-state index < -0.39 is 0 Å². The molecule has 5 heteroatoms. The fraction of sp³-hybridized carbons (Fsp3) is 0.357. The third-order valence-corrected chi connectivity index (χ3v) is 3.39. The van der Waals surface area contributed by atoms with Crippen molar-refractivity contribution in [2.45, 2.75) is 20.3 Å². The Morgan fingerprint density at radius 1 is 1.16 bits per heavy atom. The molecule has 0 aliphatic heterocycles. The van der Waals surface area contributed by atoms with Gasteiger partial charge in [-0.05, 0) is 38.0 Å². The molecule has 0 bridgehead atoms. The van der Waals surface area contributed by atoms with Gasteiger partial charge in [0, 0.05) is 31.5 Å². The van der Waals surface area contributed by atoms with Gasteiger partial charge in [-0.25, -0.2) is 9.97 Å². The van der Waals surface area contributed by atoms with Crippen LogP contribution in [0.3, 0.4) is 0 Å². The summed E-state index contributed by atoms with van der Waals surface area (Å²) in [6, 6.07) is 4.05. The molecule has 0 amide bonds. The zero-order chi connectivity index (χ0) is 13.8. The van der Waals surface area contributed by atoms with Gasteiger partial charge < -0.3 is 4.90 Å². The van der Waals surface area contributed by atoms with Crippen molar-refractivity contribution in [3.8, 4) is 0 Å². The van der Waals surface area contributed by atoms with Crippen molar-refractivity contribution in [1.29, 1.82) is 0 Å². The van der Waals surface area contributed by atoms with E-state index in [-0.39, 0.29) is 0 Å². The molecule has 0 aromatic carbocycles. The Hall–Kier alpha value is -1.68. The summed E-state index contributed by atoms with van der Waals surface area (Å²) in [7, 11) is 2.02. The molecule has 2 aromatic rings. The van der Waals surface area contributed by atoms with Gasteiger partial charge in [0.2, 0.25) is 0 Å². The van der Waals surface area contributed by atoms with E-state index in [9.17, 15) is 0 Å². The predicted octanol–water partition coefficient (Wildman–Crippen LogP) is 2.82. The second-order valence-corrected chi connectivity index (χ2v) is 4.90. The van der Waals surface area contributed by atoms with Gasteiger partial charge in [-0.15, -0.1) is 0 Å². The van der Waals surface area contributed by atoms with Crippen molar-refractivity contribution < 1.29 is 0 Å². The van der Waals surface area contributed by atoms with Gasteiger partial charge >= 0.3 is 0 Å².